The molecule has 0 heterocycles. The highest BCUT2D eigenvalue weighted by Crippen LogP contribution is 2.17. The van der Waals surface area contributed by atoms with Crippen LogP contribution in [0.3, 0.4) is 0 Å². The number of benzene rings is 2. The number of nitrogens with one attached hydrogen (secondary N) is 2. The number of rotatable bonds is 8. The Morgan fingerprint density at radius 3 is 1.90 bits per heavy atom. The van der Waals surface area contributed by atoms with Gasteiger partial charge in [0.05, 0.1) is 29.0 Å². The molecule has 0 saturated carbocycles. The van der Waals surface area contributed by atoms with Crippen LogP contribution in [0, 0.1) is 0 Å². The van der Waals surface area contributed by atoms with Crippen molar-refractivity contribution >= 4 is 25.8 Å². The molecule has 0 bridgehead atoms. The van der Waals surface area contributed by atoms with E-state index in [1.165, 1.54) is 50.4 Å². The molecular formula is C19H24N2O6S2. The highest BCUT2D eigenvalue weighted by atomic mass is 32.2. The Kier molecular flexibility index (Phi) is 7.04. The van der Waals surface area contributed by atoms with Crippen LogP contribution in [0.25, 0.3) is 0 Å². The minimum atomic E-state index is -3.89. The normalized spacial score (nSPS) is 14.1. The first kappa shape index (κ1) is 22.9. The van der Waals surface area contributed by atoms with Crippen LogP contribution in [-0.2, 0) is 24.7 Å². The van der Waals surface area contributed by atoms with E-state index in [-0.39, 0.29) is 9.79 Å². The van der Waals surface area contributed by atoms with Crippen LogP contribution < -0.4 is 14.8 Å². The van der Waals surface area contributed by atoms with Gasteiger partial charge in [-0.1, -0.05) is 12.1 Å². The predicted octanol–water partition coefficient (Wildman–Crippen LogP) is 1.64. The number of amides is 1. The van der Waals surface area contributed by atoms with Crippen molar-refractivity contribution in [1.82, 2.24) is 10.0 Å². The lowest BCUT2D eigenvalue weighted by Crippen LogP contribution is -2.45. The first-order valence-electron chi connectivity index (χ1n) is 8.71. The topological polar surface area (TPSA) is 119 Å². The molecule has 1 unspecified atom stereocenters. The molecule has 0 aliphatic rings. The van der Waals surface area contributed by atoms with Gasteiger partial charge in [0.15, 0.2) is 9.84 Å². The summed E-state index contributed by atoms with van der Waals surface area (Å²) in [5, 5.41) is 2.71. The fraction of sp³-hybridized carbons (Fsp3) is 0.316. The predicted molar refractivity (Wildman–Crippen MR) is 109 cm³/mol. The molecule has 2 rings (SSSR count). The Morgan fingerprint density at radius 1 is 0.897 bits per heavy atom. The van der Waals surface area contributed by atoms with Gasteiger partial charge in [-0.2, -0.15) is 4.72 Å². The van der Waals surface area contributed by atoms with Gasteiger partial charge >= 0.3 is 0 Å². The number of methoxy groups -OCH3 is 1. The lowest BCUT2D eigenvalue weighted by Gasteiger charge is -2.19. The Hall–Kier alpha value is -2.43. The van der Waals surface area contributed by atoms with E-state index in [0.717, 1.165) is 6.26 Å². The summed E-state index contributed by atoms with van der Waals surface area (Å²) in [6, 6.07) is 10.5. The summed E-state index contributed by atoms with van der Waals surface area (Å²) in [4.78, 5) is 12.6. The summed E-state index contributed by atoms with van der Waals surface area (Å²) in [6.07, 6.45) is 1.11. The monoisotopic (exact) mass is 440 g/mol. The van der Waals surface area contributed by atoms with E-state index in [1.807, 2.05) is 0 Å². The van der Waals surface area contributed by atoms with Gasteiger partial charge in [0, 0.05) is 6.26 Å². The maximum atomic E-state index is 12.4. The largest absolute Gasteiger partial charge is 0.497 e. The zero-order valence-electron chi connectivity index (χ0n) is 16.5. The molecule has 2 N–H and O–H groups in total. The fourth-order valence-corrected chi connectivity index (χ4v) is 4.37. The van der Waals surface area contributed by atoms with E-state index < -0.39 is 37.9 Å². The van der Waals surface area contributed by atoms with Crippen LogP contribution in [0.2, 0.25) is 0 Å². The molecule has 0 saturated heterocycles. The third-order valence-electron chi connectivity index (χ3n) is 4.26. The summed E-state index contributed by atoms with van der Waals surface area (Å²) in [7, 11) is -5.71. The third kappa shape index (κ3) is 6.02. The molecule has 10 heteroatoms. The smallest absolute Gasteiger partial charge is 0.241 e. The Bertz CT molecular complexity index is 1060. The molecule has 0 aromatic heterocycles. The molecule has 0 radical (unpaired) electrons. The van der Waals surface area contributed by atoms with Gasteiger partial charge in [-0.25, -0.2) is 16.8 Å². The molecule has 2 aromatic carbocycles. The molecule has 8 nitrogen and oxygen atoms in total. The fourth-order valence-electron chi connectivity index (χ4n) is 2.53. The summed E-state index contributed by atoms with van der Waals surface area (Å²) >= 11 is 0. The summed E-state index contributed by atoms with van der Waals surface area (Å²) in [5.74, 6) is 0.00670. The van der Waals surface area contributed by atoms with Gasteiger partial charge in [-0.05, 0) is 55.8 Å². The number of hydrogen-bond donors (Lipinski definition) is 2. The molecule has 0 fully saturated rings. The average molecular weight is 441 g/mol. The zero-order valence-corrected chi connectivity index (χ0v) is 18.2. The van der Waals surface area contributed by atoms with E-state index in [2.05, 4.69) is 10.0 Å². The molecule has 158 valence electrons. The van der Waals surface area contributed by atoms with E-state index in [4.69, 9.17) is 4.74 Å². The molecule has 29 heavy (non-hydrogen) atoms. The quantitative estimate of drug-likeness (QED) is 0.644. The highest BCUT2D eigenvalue weighted by Gasteiger charge is 2.23. The van der Waals surface area contributed by atoms with Crippen molar-refractivity contribution in [1.29, 1.82) is 0 Å². The minimum Gasteiger partial charge on any atom is -0.497 e. The van der Waals surface area contributed by atoms with Crippen LogP contribution in [0.1, 0.15) is 25.5 Å². The average Bonchev–Trinajstić information content (AvgIpc) is 2.67. The minimum absolute atomic E-state index is 0.0161. The van der Waals surface area contributed by atoms with Gasteiger partial charge < -0.3 is 10.1 Å². The third-order valence-corrected chi connectivity index (χ3v) is 6.95. The SMILES string of the molecule is COc1ccc(S(=O)(=O)N[C@@H](C)C(=O)NC(C)c2ccc(S(C)(=O)=O)cc2)cc1. The van der Waals surface area contributed by atoms with Crippen molar-refractivity contribution in [2.75, 3.05) is 13.4 Å². The van der Waals surface area contributed by atoms with E-state index in [9.17, 15) is 21.6 Å². The Morgan fingerprint density at radius 2 is 1.41 bits per heavy atom. The molecule has 0 aliphatic carbocycles. The van der Waals surface area contributed by atoms with Crippen LogP contribution in [0.15, 0.2) is 58.3 Å². The second-order valence-corrected chi connectivity index (χ2v) is 10.3. The van der Waals surface area contributed by atoms with E-state index >= 15 is 0 Å². The number of sulfone groups is 1. The van der Waals surface area contributed by atoms with Crippen molar-refractivity contribution in [3.8, 4) is 5.75 Å². The Balaban J connectivity index is 2.03. The van der Waals surface area contributed by atoms with Crippen molar-refractivity contribution < 1.29 is 26.4 Å². The summed E-state index contributed by atoms with van der Waals surface area (Å²) in [5.41, 5.74) is 0.691. The molecule has 0 spiro atoms. The summed E-state index contributed by atoms with van der Waals surface area (Å²) < 4.78 is 55.3. The van der Waals surface area contributed by atoms with Crippen molar-refractivity contribution in [3.63, 3.8) is 0 Å². The number of hydrogen-bond acceptors (Lipinski definition) is 6. The maximum absolute atomic E-state index is 12.4. The van der Waals surface area contributed by atoms with Gasteiger partial charge in [0.25, 0.3) is 0 Å². The van der Waals surface area contributed by atoms with Crippen molar-refractivity contribution in [2.45, 2.75) is 35.7 Å². The summed E-state index contributed by atoms with van der Waals surface area (Å²) in [6.45, 7) is 3.16. The molecule has 1 amide bonds. The highest BCUT2D eigenvalue weighted by molar-refractivity contribution is 7.90. The van der Waals surface area contributed by atoms with Crippen molar-refractivity contribution in [2.24, 2.45) is 0 Å². The number of ether oxygens (including phenoxy) is 1. The van der Waals surface area contributed by atoms with Crippen LogP contribution in [0.5, 0.6) is 5.75 Å². The van der Waals surface area contributed by atoms with Crippen LogP contribution in [0.4, 0.5) is 0 Å². The van der Waals surface area contributed by atoms with Gasteiger partial charge in [0.2, 0.25) is 15.9 Å². The first-order valence-corrected chi connectivity index (χ1v) is 12.1. The number of sulfonamides is 1. The van der Waals surface area contributed by atoms with E-state index in [0.29, 0.717) is 11.3 Å². The number of carbonyl (C=O) groups excluding carboxylic acids is 1. The van der Waals surface area contributed by atoms with Crippen LogP contribution >= 0.6 is 0 Å². The first-order chi connectivity index (χ1) is 13.4. The molecular weight excluding hydrogens is 416 g/mol. The van der Waals surface area contributed by atoms with Crippen molar-refractivity contribution in [3.05, 3.63) is 54.1 Å². The standard InChI is InChI=1S/C19H24N2O6S2/c1-13(15-5-9-17(10-6-15)28(4,23)24)20-19(22)14(2)21-29(25,26)18-11-7-16(27-3)8-12-18/h5-14,21H,1-4H3,(H,20,22)/t13?,14-/m0/s1. The lowest BCUT2D eigenvalue weighted by molar-refractivity contribution is -0.123. The van der Waals surface area contributed by atoms with E-state index in [1.54, 1.807) is 19.1 Å². The van der Waals surface area contributed by atoms with Gasteiger partial charge in [-0.3, -0.25) is 4.79 Å². The maximum Gasteiger partial charge on any atom is 0.241 e. The molecule has 0 aliphatic heterocycles. The number of carbonyl (C=O) groups is 1. The Labute approximate surface area is 171 Å². The lowest BCUT2D eigenvalue weighted by atomic mass is 10.1. The molecule has 2 aromatic rings. The van der Waals surface area contributed by atoms with Crippen LogP contribution in [-0.4, -0.2) is 42.2 Å². The van der Waals surface area contributed by atoms with Gasteiger partial charge in [-0.15, -0.1) is 0 Å². The second kappa shape index (κ2) is 8.93. The zero-order chi connectivity index (χ0) is 21.8. The van der Waals surface area contributed by atoms with Gasteiger partial charge in [0.1, 0.15) is 5.75 Å². The molecule has 2 atom stereocenters. The second-order valence-electron chi connectivity index (χ2n) is 6.59.